The molecule has 2 aromatic carbocycles. The number of imidazole rings is 1. The van der Waals surface area contributed by atoms with E-state index in [1.807, 2.05) is 6.07 Å². The van der Waals surface area contributed by atoms with E-state index in [4.69, 9.17) is 9.72 Å². The number of aromatic nitrogens is 2. The number of benzene rings is 2. The van der Waals surface area contributed by atoms with Gasteiger partial charge >= 0.3 is 0 Å². The highest BCUT2D eigenvalue weighted by Gasteiger charge is 2.10. The van der Waals surface area contributed by atoms with Crippen LogP contribution in [0, 0.1) is 6.92 Å². The molecule has 0 fully saturated rings. The van der Waals surface area contributed by atoms with Crippen molar-refractivity contribution in [2.24, 2.45) is 0 Å². The molecule has 0 saturated carbocycles. The van der Waals surface area contributed by atoms with Crippen LogP contribution in [0.4, 0.5) is 0 Å². The van der Waals surface area contributed by atoms with Gasteiger partial charge in [0.2, 0.25) is 0 Å². The van der Waals surface area contributed by atoms with E-state index in [2.05, 4.69) is 68.7 Å². The molecule has 0 saturated heterocycles. The van der Waals surface area contributed by atoms with Crippen LogP contribution < -0.4 is 4.74 Å². The quantitative estimate of drug-likeness (QED) is 0.481. The second kappa shape index (κ2) is 9.09. The lowest BCUT2D eigenvalue weighted by molar-refractivity contribution is 0.298. The molecule has 0 aliphatic carbocycles. The summed E-state index contributed by atoms with van der Waals surface area (Å²) in [5.74, 6) is 2.65. The monoisotopic (exact) mass is 372 g/mol. The first kappa shape index (κ1) is 20.3. The molecule has 3 rings (SSSR count). The smallest absolute Gasteiger partial charge is 0.123 e. The minimum atomic E-state index is 0. The van der Waals surface area contributed by atoms with Crippen LogP contribution >= 0.6 is 12.4 Å². The summed E-state index contributed by atoms with van der Waals surface area (Å²) in [5, 5.41) is 0. The summed E-state index contributed by atoms with van der Waals surface area (Å²) in [6.07, 6.45) is 1.92. The molecule has 1 aromatic heterocycles. The second-order valence-corrected chi connectivity index (χ2v) is 6.92. The normalized spacial score (nSPS) is 11.0. The Bertz CT molecular complexity index is 854. The Morgan fingerprint density at radius 1 is 1.12 bits per heavy atom. The first-order valence-electron chi connectivity index (χ1n) is 9.27. The Labute approximate surface area is 162 Å². The summed E-state index contributed by atoms with van der Waals surface area (Å²) in [6.45, 7) is 10.4. The van der Waals surface area contributed by atoms with E-state index >= 15 is 0 Å². The Kier molecular flexibility index (Phi) is 7.10. The second-order valence-electron chi connectivity index (χ2n) is 6.92. The summed E-state index contributed by atoms with van der Waals surface area (Å²) >= 11 is 0. The largest absolute Gasteiger partial charge is 0.493 e. The minimum absolute atomic E-state index is 0. The van der Waals surface area contributed by atoms with E-state index < -0.39 is 0 Å². The van der Waals surface area contributed by atoms with Crippen LogP contribution in [-0.2, 0) is 13.0 Å². The van der Waals surface area contributed by atoms with Gasteiger partial charge in [0.1, 0.15) is 11.6 Å². The van der Waals surface area contributed by atoms with Gasteiger partial charge in [-0.05, 0) is 48.6 Å². The van der Waals surface area contributed by atoms with Crippen LogP contribution in [0.3, 0.4) is 0 Å². The van der Waals surface area contributed by atoms with Crippen LogP contribution in [0.1, 0.15) is 50.1 Å². The van der Waals surface area contributed by atoms with Crippen LogP contribution in [0.25, 0.3) is 11.0 Å². The van der Waals surface area contributed by atoms with E-state index in [-0.39, 0.29) is 12.4 Å². The number of hydrogen-bond donors (Lipinski definition) is 0. The van der Waals surface area contributed by atoms with Crippen molar-refractivity contribution >= 4 is 23.4 Å². The lowest BCUT2D eigenvalue weighted by Crippen LogP contribution is -2.08. The van der Waals surface area contributed by atoms with E-state index in [0.29, 0.717) is 5.92 Å². The first-order chi connectivity index (χ1) is 12.1. The van der Waals surface area contributed by atoms with Crippen molar-refractivity contribution in [1.82, 2.24) is 9.55 Å². The molecule has 0 atom stereocenters. The predicted molar refractivity (Wildman–Crippen MR) is 112 cm³/mol. The molecule has 0 amide bonds. The van der Waals surface area contributed by atoms with Crippen molar-refractivity contribution in [3.63, 3.8) is 0 Å². The average molecular weight is 373 g/mol. The number of halogens is 1. The molecule has 1 heterocycles. The molecule has 0 radical (unpaired) electrons. The van der Waals surface area contributed by atoms with E-state index in [1.165, 1.54) is 16.6 Å². The average Bonchev–Trinajstić information content (AvgIpc) is 2.96. The molecule has 3 nitrogen and oxygen atoms in total. The van der Waals surface area contributed by atoms with Crippen LogP contribution in [0.5, 0.6) is 5.75 Å². The van der Waals surface area contributed by atoms with Gasteiger partial charge in [-0.15, -0.1) is 12.4 Å². The van der Waals surface area contributed by atoms with Gasteiger partial charge in [0.25, 0.3) is 0 Å². The number of hydrogen-bond acceptors (Lipinski definition) is 2. The van der Waals surface area contributed by atoms with Gasteiger partial charge in [0.05, 0.1) is 17.6 Å². The summed E-state index contributed by atoms with van der Waals surface area (Å²) in [4.78, 5) is 4.74. The van der Waals surface area contributed by atoms with Gasteiger partial charge in [-0.3, -0.25) is 0 Å². The topological polar surface area (TPSA) is 27.1 Å². The van der Waals surface area contributed by atoms with Crippen LogP contribution in [0.2, 0.25) is 0 Å². The number of para-hydroxylation sites is 2. The summed E-state index contributed by atoms with van der Waals surface area (Å²) in [5.41, 5.74) is 4.83. The minimum Gasteiger partial charge on any atom is -0.493 e. The van der Waals surface area contributed by atoms with Gasteiger partial charge in [-0.2, -0.15) is 0 Å². The van der Waals surface area contributed by atoms with Crippen LogP contribution in [0.15, 0.2) is 42.5 Å². The maximum atomic E-state index is 6.13. The van der Waals surface area contributed by atoms with Crippen LogP contribution in [-0.4, -0.2) is 16.2 Å². The maximum absolute atomic E-state index is 6.13. The van der Waals surface area contributed by atoms with E-state index in [1.54, 1.807) is 0 Å². The molecule has 0 spiro atoms. The zero-order valence-electron chi connectivity index (χ0n) is 16.2. The molecule has 0 unspecified atom stereocenters. The third kappa shape index (κ3) is 4.39. The Hall–Kier alpha value is -2.00. The fourth-order valence-corrected chi connectivity index (χ4v) is 3.29. The van der Waals surface area contributed by atoms with Crippen molar-refractivity contribution in [2.75, 3.05) is 6.61 Å². The molecule has 0 N–H and O–H groups in total. The standard InChI is InChI=1S/C22H28N2O.ClH/c1-5-22-23-19-9-6-7-10-20(19)24(22)13-8-14-25-21-15-17(4)11-12-18(21)16(2)3;/h6-7,9-12,15-16H,5,8,13-14H2,1-4H3;1H. The molecular weight excluding hydrogens is 344 g/mol. The third-order valence-corrected chi connectivity index (χ3v) is 4.62. The molecule has 4 heteroatoms. The Balaban J connectivity index is 0.00000243. The van der Waals surface area contributed by atoms with Crippen molar-refractivity contribution in [2.45, 2.75) is 53.0 Å². The van der Waals surface area contributed by atoms with Gasteiger partial charge < -0.3 is 9.30 Å². The summed E-state index contributed by atoms with van der Waals surface area (Å²) in [6, 6.07) is 14.9. The highest BCUT2D eigenvalue weighted by Crippen LogP contribution is 2.27. The third-order valence-electron chi connectivity index (χ3n) is 4.62. The molecule has 0 aliphatic rings. The highest BCUT2D eigenvalue weighted by atomic mass is 35.5. The number of ether oxygens (including phenoxy) is 1. The van der Waals surface area contributed by atoms with Crippen molar-refractivity contribution in [1.29, 1.82) is 0 Å². The number of fused-ring (bicyclic) bond motifs is 1. The van der Waals surface area contributed by atoms with Gasteiger partial charge in [0, 0.05) is 13.0 Å². The number of nitrogens with zero attached hydrogens (tertiary/aromatic N) is 2. The highest BCUT2D eigenvalue weighted by molar-refractivity contribution is 5.85. The number of rotatable bonds is 7. The van der Waals surface area contributed by atoms with Gasteiger partial charge in [-0.1, -0.05) is 45.0 Å². The molecular formula is C22H29ClN2O. The SMILES string of the molecule is CCc1nc2ccccc2n1CCCOc1cc(C)ccc1C(C)C.Cl. The van der Waals surface area contributed by atoms with E-state index in [0.717, 1.165) is 43.1 Å². The molecule has 3 aromatic rings. The van der Waals surface area contributed by atoms with Crippen molar-refractivity contribution in [3.8, 4) is 5.75 Å². The van der Waals surface area contributed by atoms with Crippen molar-refractivity contribution in [3.05, 3.63) is 59.4 Å². The lowest BCUT2D eigenvalue weighted by Gasteiger charge is -2.15. The fraction of sp³-hybridized carbons (Fsp3) is 0.409. The van der Waals surface area contributed by atoms with Crippen molar-refractivity contribution < 1.29 is 4.74 Å². The molecule has 26 heavy (non-hydrogen) atoms. The fourth-order valence-electron chi connectivity index (χ4n) is 3.29. The molecule has 0 bridgehead atoms. The Morgan fingerprint density at radius 2 is 1.88 bits per heavy atom. The maximum Gasteiger partial charge on any atom is 0.123 e. The molecule has 0 aliphatic heterocycles. The number of aryl methyl sites for hydroxylation is 3. The van der Waals surface area contributed by atoms with E-state index in [9.17, 15) is 0 Å². The zero-order valence-corrected chi connectivity index (χ0v) is 17.0. The molecule has 140 valence electrons. The zero-order chi connectivity index (χ0) is 17.8. The Morgan fingerprint density at radius 3 is 2.62 bits per heavy atom. The van der Waals surface area contributed by atoms with Gasteiger partial charge in [0.15, 0.2) is 0 Å². The lowest BCUT2D eigenvalue weighted by atomic mass is 10.0. The predicted octanol–water partition coefficient (Wildman–Crippen LogP) is 5.92. The first-order valence-corrected chi connectivity index (χ1v) is 9.27. The van der Waals surface area contributed by atoms with Gasteiger partial charge in [-0.25, -0.2) is 4.98 Å². The summed E-state index contributed by atoms with van der Waals surface area (Å²) < 4.78 is 8.46. The summed E-state index contributed by atoms with van der Waals surface area (Å²) in [7, 11) is 0.